The largest absolute Gasteiger partial charge is 0.373 e. The highest BCUT2D eigenvalue weighted by atomic mass is 32.1. The summed E-state index contributed by atoms with van der Waals surface area (Å²) in [6, 6.07) is 2.67. The Morgan fingerprint density at radius 3 is 2.72 bits per heavy atom. The fourth-order valence-electron chi connectivity index (χ4n) is 2.74. The molecule has 1 aromatic heterocycles. The maximum Gasteiger partial charge on any atom is 0.0782 e. The highest BCUT2D eigenvalue weighted by Gasteiger charge is 2.31. The molecule has 18 heavy (non-hydrogen) atoms. The molecule has 102 valence electrons. The van der Waals surface area contributed by atoms with Gasteiger partial charge in [-0.25, -0.2) is 0 Å². The molecule has 3 atom stereocenters. The van der Waals surface area contributed by atoms with Crippen molar-refractivity contribution in [1.29, 1.82) is 0 Å². The van der Waals surface area contributed by atoms with Crippen molar-refractivity contribution in [2.45, 2.75) is 65.2 Å². The van der Waals surface area contributed by atoms with Gasteiger partial charge in [-0.2, -0.15) is 0 Å². The molecule has 0 aromatic carbocycles. The zero-order valence-electron chi connectivity index (χ0n) is 12.0. The van der Waals surface area contributed by atoms with Gasteiger partial charge in [0.25, 0.3) is 0 Å². The van der Waals surface area contributed by atoms with Gasteiger partial charge in [0, 0.05) is 9.75 Å². The van der Waals surface area contributed by atoms with E-state index in [1.54, 1.807) is 0 Å². The van der Waals surface area contributed by atoms with Gasteiger partial charge in [-0.05, 0) is 58.2 Å². The molecule has 1 saturated heterocycles. The molecule has 1 aliphatic rings. The van der Waals surface area contributed by atoms with Crippen molar-refractivity contribution in [1.82, 2.24) is 5.32 Å². The highest BCUT2D eigenvalue weighted by Crippen LogP contribution is 2.35. The summed E-state index contributed by atoms with van der Waals surface area (Å²) in [6.07, 6.45) is 4.31. The maximum absolute atomic E-state index is 6.08. The maximum atomic E-state index is 6.08. The first-order valence-corrected chi connectivity index (χ1v) is 7.89. The molecule has 1 aromatic rings. The van der Waals surface area contributed by atoms with Crippen molar-refractivity contribution in [3.8, 4) is 0 Å². The van der Waals surface area contributed by atoms with Crippen LogP contribution in [0.5, 0.6) is 0 Å². The van der Waals surface area contributed by atoms with Gasteiger partial charge in [-0.3, -0.25) is 0 Å². The zero-order chi connectivity index (χ0) is 13.1. The van der Waals surface area contributed by atoms with Crippen LogP contribution in [0.15, 0.2) is 6.07 Å². The number of ether oxygens (including phenoxy) is 1. The second-order valence-corrected chi connectivity index (χ2v) is 6.69. The summed E-state index contributed by atoms with van der Waals surface area (Å²) >= 11 is 1.92. The van der Waals surface area contributed by atoms with Crippen LogP contribution in [-0.2, 0) is 4.74 Å². The smallest absolute Gasteiger partial charge is 0.0782 e. The van der Waals surface area contributed by atoms with Crippen LogP contribution in [0.3, 0.4) is 0 Å². The van der Waals surface area contributed by atoms with E-state index in [0.717, 1.165) is 6.54 Å². The zero-order valence-corrected chi connectivity index (χ0v) is 12.8. The molecule has 2 rings (SSSR count). The molecular formula is C15H25NOS. The van der Waals surface area contributed by atoms with E-state index in [1.165, 1.54) is 34.6 Å². The third-order valence-electron chi connectivity index (χ3n) is 3.61. The molecule has 1 N–H and O–H groups in total. The highest BCUT2D eigenvalue weighted by molar-refractivity contribution is 7.12. The van der Waals surface area contributed by atoms with Crippen molar-refractivity contribution in [2.75, 3.05) is 6.54 Å². The Morgan fingerprint density at radius 2 is 2.22 bits per heavy atom. The number of thiophene rings is 1. The molecule has 0 amide bonds. The minimum Gasteiger partial charge on any atom is -0.373 e. The normalized spacial score (nSPS) is 25.6. The summed E-state index contributed by atoms with van der Waals surface area (Å²) in [5.41, 5.74) is 1.41. The average Bonchev–Trinajstić information content (AvgIpc) is 2.87. The molecule has 0 aliphatic carbocycles. The van der Waals surface area contributed by atoms with Crippen LogP contribution in [0.25, 0.3) is 0 Å². The molecule has 1 aliphatic heterocycles. The summed E-state index contributed by atoms with van der Waals surface area (Å²) < 4.78 is 6.08. The standard InChI is InChI=1S/C15H25NOS/c1-5-8-16-14(13-7-6-11(3)17-13)15-10(2)9-12(4)18-15/h9,11,13-14,16H,5-8H2,1-4H3. The lowest BCUT2D eigenvalue weighted by Crippen LogP contribution is -2.32. The number of rotatable bonds is 5. The average molecular weight is 267 g/mol. The number of hydrogen-bond acceptors (Lipinski definition) is 3. The van der Waals surface area contributed by atoms with Crippen LogP contribution < -0.4 is 5.32 Å². The second kappa shape index (κ2) is 6.18. The molecule has 0 bridgehead atoms. The SMILES string of the molecule is CCCNC(c1sc(C)cc1C)C1CCC(C)O1. The van der Waals surface area contributed by atoms with Gasteiger partial charge in [0.05, 0.1) is 18.2 Å². The third kappa shape index (κ3) is 3.14. The number of nitrogens with one attached hydrogen (secondary N) is 1. The predicted octanol–water partition coefficient (Wildman–Crippen LogP) is 3.97. The van der Waals surface area contributed by atoms with Crippen LogP contribution in [0, 0.1) is 13.8 Å². The van der Waals surface area contributed by atoms with E-state index in [-0.39, 0.29) is 0 Å². The van der Waals surface area contributed by atoms with E-state index in [4.69, 9.17) is 4.74 Å². The Balaban J connectivity index is 2.16. The van der Waals surface area contributed by atoms with E-state index in [1.807, 2.05) is 11.3 Å². The molecule has 0 spiro atoms. The first-order valence-electron chi connectivity index (χ1n) is 7.07. The van der Waals surface area contributed by atoms with Gasteiger partial charge in [0.15, 0.2) is 0 Å². The van der Waals surface area contributed by atoms with Crippen LogP contribution in [0.2, 0.25) is 0 Å². The Morgan fingerprint density at radius 1 is 1.44 bits per heavy atom. The molecule has 1 fully saturated rings. The lowest BCUT2D eigenvalue weighted by Gasteiger charge is -2.24. The Kier molecular flexibility index (Phi) is 4.82. The molecule has 0 saturated carbocycles. The van der Waals surface area contributed by atoms with E-state index in [2.05, 4.69) is 39.1 Å². The summed E-state index contributed by atoms with van der Waals surface area (Å²) in [4.78, 5) is 2.87. The van der Waals surface area contributed by atoms with E-state index >= 15 is 0 Å². The fraction of sp³-hybridized carbons (Fsp3) is 0.733. The minimum atomic E-state index is 0.350. The minimum absolute atomic E-state index is 0.350. The van der Waals surface area contributed by atoms with Crippen molar-refractivity contribution >= 4 is 11.3 Å². The summed E-state index contributed by atoms with van der Waals surface area (Å²) in [5, 5.41) is 3.69. The van der Waals surface area contributed by atoms with Crippen LogP contribution in [-0.4, -0.2) is 18.8 Å². The van der Waals surface area contributed by atoms with Crippen LogP contribution in [0.4, 0.5) is 0 Å². The van der Waals surface area contributed by atoms with Crippen molar-refractivity contribution in [3.63, 3.8) is 0 Å². The van der Waals surface area contributed by atoms with Gasteiger partial charge in [-0.15, -0.1) is 11.3 Å². The first kappa shape index (κ1) is 14.0. The molecule has 0 radical (unpaired) electrons. The molecule has 3 heteroatoms. The van der Waals surface area contributed by atoms with Gasteiger partial charge in [0.2, 0.25) is 0 Å². The summed E-state index contributed by atoms with van der Waals surface area (Å²) in [6.45, 7) is 9.88. The van der Waals surface area contributed by atoms with Crippen LogP contribution in [0.1, 0.15) is 54.5 Å². The van der Waals surface area contributed by atoms with Gasteiger partial charge < -0.3 is 10.1 Å². The van der Waals surface area contributed by atoms with Crippen molar-refractivity contribution < 1.29 is 4.74 Å². The number of hydrogen-bond donors (Lipinski definition) is 1. The van der Waals surface area contributed by atoms with E-state index < -0.39 is 0 Å². The lowest BCUT2D eigenvalue weighted by molar-refractivity contribution is 0.0323. The van der Waals surface area contributed by atoms with Crippen LogP contribution >= 0.6 is 11.3 Å². The number of aryl methyl sites for hydroxylation is 2. The van der Waals surface area contributed by atoms with Crippen molar-refractivity contribution in [3.05, 3.63) is 21.4 Å². The second-order valence-electron chi connectivity index (χ2n) is 5.40. The fourth-order valence-corrected chi connectivity index (χ4v) is 3.90. The van der Waals surface area contributed by atoms with Gasteiger partial charge >= 0.3 is 0 Å². The van der Waals surface area contributed by atoms with E-state index in [9.17, 15) is 0 Å². The predicted molar refractivity (Wildman–Crippen MR) is 78.4 cm³/mol. The third-order valence-corrected chi connectivity index (χ3v) is 4.85. The topological polar surface area (TPSA) is 21.3 Å². The summed E-state index contributed by atoms with van der Waals surface area (Å²) in [7, 11) is 0. The van der Waals surface area contributed by atoms with Gasteiger partial charge in [0.1, 0.15) is 0 Å². The quantitative estimate of drug-likeness (QED) is 0.871. The van der Waals surface area contributed by atoms with Gasteiger partial charge in [-0.1, -0.05) is 6.92 Å². The Hall–Kier alpha value is -0.380. The molecule has 2 nitrogen and oxygen atoms in total. The molecular weight excluding hydrogens is 242 g/mol. The lowest BCUT2D eigenvalue weighted by atomic mass is 10.0. The monoisotopic (exact) mass is 267 g/mol. The van der Waals surface area contributed by atoms with E-state index in [0.29, 0.717) is 18.2 Å². The molecule has 2 heterocycles. The Bertz CT molecular complexity index is 388. The molecule has 3 unspecified atom stereocenters. The van der Waals surface area contributed by atoms with Crippen molar-refractivity contribution in [2.24, 2.45) is 0 Å². The Labute approximate surface area is 115 Å². The first-order chi connectivity index (χ1) is 8.61. The summed E-state index contributed by atoms with van der Waals surface area (Å²) in [5.74, 6) is 0.